The summed E-state index contributed by atoms with van der Waals surface area (Å²) in [5.41, 5.74) is 0.984. The topological polar surface area (TPSA) is 70.4 Å². The lowest BCUT2D eigenvalue weighted by Gasteiger charge is -2.31. The number of oxazole rings is 1. The van der Waals surface area contributed by atoms with Gasteiger partial charge in [0.2, 0.25) is 11.8 Å². The van der Waals surface area contributed by atoms with Gasteiger partial charge in [0.1, 0.15) is 5.76 Å². The molecule has 0 aromatic carbocycles. The second kappa shape index (κ2) is 10.4. The summed E-state index contributed by atoms with van der Waals surface area (Å²) in [6.07, 6.45) is 4.32. The van der Waals surface area contributed by atoms with Crippen LogP contribution < -0.4 is 10.6 Å². The molecule has 0 aliphatic carbocycles. The highest BCUT2D eigenvalue weighted by Crippen LogP contribution is 2.19. The molecule has 2 aliphatic rings. The summed E-state index contributed by atoms with van der Waals surface area (Å²) in [4.78, 5) is 18.9. The monoisotopic (exact) mass is 392 g/mol. The van der Waals surface area contributed by atoms with Gasteiger partial charge in [0.25, 0.3) is 0 Å². The predicted octanol–water partition coefficient (Wildman–Crippen LogP) is 2.22. The van der Waals surface area contributed by atoms with Crippen molar-refractivity contribution in [3.05, 3.63) is 17.3 Å². The Morgan fingerprint density at radius 3 is 2.56 bits per heavy atom. The maximum absolute atomic E-state index is 12.0. The summed E-state index contributed by atoms with van der Waals surface area (Å²) in [5, 5.41) is 6.37. The van der Waals surface area contributed by atoms with Gasteiger partial charge in [-0.1, -0.05) is 0 Å². The summed E-state index contributed by atoms with van der Waals surface area (Å²) < 4.78 is 5.66. The fraction of sp³-hybridized carbons (Fsp3) is 0.765. The molecule has 1 amide bonds. The van der Waals surface area contributed by atoms with Crippen LogP contribution >= 0.6 is 24.8 Å². The second-order valence-electron chi connectivity index (χ2n) is 6.86. The Balaban J connectivity index is 0.00000156. The lowest BCUT2D eigenvalue weighted by molar-refractivity contribution is -0.123. The van der Waals surface area contributed by atoms with Crippen molar-refractivity contribution in [1.82, 2.24) is 20.5 Å². The molecule has 1 atom stereocenters. The number of nitrogens with one attached hydrogen (secondary N) is 2. The van der Waals surface area contributed by atoms with E-state index >= 15 is 0 Å². The molecule has 1 unspecified atom stereocenters. The molecule has 1 aromatic heterocycles. The van der Waals surface area contributed by atoms with E-state index in [4.69, 9.17) is 4.42 Å². The van der Waals surface area contributed by atoms with Gasteiger partial charge in [-0.3, -0.25) is 9.69 Å². The molecule has 2 aliphatic heterocycles. The number of hydrogen-bond acceptors (Lipinski definition) is 5. The molecule has 6 nitrogen and oxygen atoms in total. The van der Waals surface area contributed by atoms with E-state index in [-0.39, 0.29) is 36.8 Å². The molecule has 8 heteroatoms. The standard InChI is InChI=1S/C17H28N4O2.2ClH/c1-12-13(2)23-16(20-12)11-21-8-5-14(6-9-21)10-19-17(22)15-4-3-7-18-15;;/h14-15,18H,3-11H2,1-2H3,(H,19,22);2*1H. The van der Waals surface area contributed by atoms with Crippen molar-refractivity contribution >= 4 is 30.7 Å². The molecular weight excluding hydrogens is 363 g/mol. The maximum atomic E-state index is 12.0. The number of hydrogen-bond donors (Lipinski definition) is 2. The summed E-state index contributed by atoms with van der Waals surface area (Å²) >= 11 is 0. The Labute approximate surface area is 162 Å². The smallest absolute Gasteiger partial charge is 0.237 e. The van der Waals surface area contributed by atoms with E-state index in [0.29, 0.717) is 5.92 Å². The highest BCUT2D eigenvalue weighted by molar-refractivity contribution is 5.85. The van der Waals surface area contributed by atoms with Crippen LogP contribution in [0.5, 0.6) is 0 Å². The van der Waals surface area contributed by atoms with E-state index in [9.17, 15) is 4.79 Å². The molecule has 0 bridgehead atoms. The van der Waals surface area contributed by atoms with Gasteiger partial charge in [-0.05, 0) is 65.1 Å². The zero-order chi connectivity index (χ0) is 16.2. The van der Waals surface area contributed by atoms with Crippen LogP contribution in [0.1, 0.15) is 43.0 Å². The molecule has 0 radical (unpaired) electrons. The van der Waals surface area contributed by atoms with Crippen LogP contribution in [0.4, 0.5) is 0 Å². The largest absolute Gasteiger partial charge is 0.444 e. The minimum absolute atomic E-state index is 0. The second-order valence-corrected chi connectivity index (χ2v) is 6.86. The van der Waals surface area contributed by atoms with Crippen molar-refractivity contribution in [3.8, 4) is 0 Å². The number of aryl methyl sites for hydroxylation is 2. The van der Waals surface area contributed by atoms with Crippen molar-refractivity contribution in [2.24, 2.45) is 5.92 Å². The van der Waals surface area contributed by atoms with Crippen LogP contribution in [-0.2, 0) is 11.3 Å². The van der Waals surface area contributed by atoms with Crippen molar-refractivity contribution in [1.29, 1.82) is 0 Å². The summed E-state index contributed by atoms with van der Waals surface area (Å²) in [5.74, 6) is 2.50. The lowest BCUT2D eigenvalue weighted by atomic mass is 9.96. The molecule has 0 saturated carbocycles. The van der Waals surface area contributed by atoms with Crippen molar-refractivity contribution in [2.75, 3.05) is 26.2 Å². The number of carbonyl (C=O) groups excluding carboxylic acids is 1. The Bertz CT molecular complexity index is 519. The molecule has 0 spiro atoms. The number of nitrogens with zero attached hydrogens (tertiary/aromatic N) is 2. The Morgan fingerprint density at radius 1 is 1.28 bits per heavy atom. The van der Waals surface area contributed by atoms with Gasteiger partial charge in [0, 0.05) is 6.54 Å². The van der Waals surface area contributed by atoms with Crippen molar-refractivity contribution in [3.63, 3.8) is 0 Å². The first-order valence-electron chi connectivity index (χ1n) is 8.78. The molecule has 2 saturated heterocycles. The normalized spacial score (nSPS) is 21.4. The first-order valence-corrected chi connectivity index (χ1v) is 8.78. The maximum Gasteiger partial charge on any atom is 0.237 e. The molecule has 2 N–H and O–H groups in total. The van der Waals surface area contributed by atoms with Gasteiger partial charge >= 0.3 is 0 Å². The fourth-order valence-electron chi connectivity index (χ4n) is 3.42. The Hall–Kier alpha value is -0.820. The number of amides is 1. The number of piperidine rings is 1. The van der Waals surface area contributed by atoms with Crippen molar-refractivity contribution in [2.45, 2.75) is 52.1 Å². The van der Waals surface area contributed by atoms with Crippen molar-refractivity contribution < 1.29 is 9.21 Å². The van der Waals surface area contributed by atoms with Crippen LogP contribution in [0.15, 0.2) is 4.42 Å². The molecule has 25 heavy (non-hydrogen) atoms. The molecule has 3 rings (SSSR count). The summed E-state index contributed by atoms with van der Waals surface area (Å²) in [6, 6.07) is 0.0339. The fourth-order valence-corrected chi connectivity index (χ4v) is 3.42. The number of aromatic nitrogens is 1. The van der Waals surface area contributed by atoms with Gasteiger partial charge < -0.3 is 15.1 Å². The molecule has 2 fully saturated rings. The van der Waals surface area contributed by atoms with Crippen LogP contribution in [0.2, 0.25) is 0 Å². The van der Waals surface area contributed by atoms with E-state index in [1.807, 2.05) is 13.8 Å². The van der Waals surface area contributed by atoms with Crippen LogP contribution in [0, 0.1) is 19.8 Å². The van der Waals surface area contributed by atoms with E-state index < -0.39 is 0 Å². The zero-order valence-electron chi connectivity index (χ0n) is 15.0. The number of likely N-dealkylation sites (tertiary alicyclic amines) is 1. The van der Waals surface area contributed by atoms with Gasteiger partial charge in [0.15, 0.2) is 0 Å². The first kappa shape index (κ1) is 22.2. The number of halogens is 2. The Kier molecular flexibility index (Phi) is 9.21. The lowest BCUT2D eigenvalue weighted by Crippen LogP contribution is -2.44. The highest BCUT2D eigenvalue weighted by Gasteiger charge is 2.24. The van der Waals surface area contributed by atoms with E-state index in [1.54, 1.807) is 0 Å². The summed E-state index contributed by atoms with van der Waals surface area (Å²) in [7, 11) is 0. The number of carbonyl (C=O) groups is 1. The predicted molar refractivity (Wildman–Crippen MR) is 103 cm³/mol. The van der Waals surface area contributed by atoms with Crippen LogP contribution in [-0.4, -0.2) is 48.0 Å². The number of rotatable bonds is 5. The van der Waals surface area contributed by atoms with E-state index in [0.717, 1.165) is 75.8 Å². The van der Waals surface area contributed by atoms with E-state index in [1.165, 1.54) is 0 Å². The van der Waals surface area contributed by atoms with Gasteiger partial charge in [0.05, 0.1) is 18.3 Å². The van der Waals surface area contributed by atoms with E-state index in [2.05, 4.69) is 20.5 Å². The third kappa shape index (κ3) is 6.13. The average molecular weight is 393 g/mol. The first-order chi connectivity index (χ1) is 11.1. The minimum atomic E-state index is 0. The molecular formula is C17H30Cl2N4O2. The van der Waals surface area contributed by atoms with Gasteiger partial charge in [-0.15, -0.1) is 24.8 Å². The van der Waals surface area contributed by atoms with Gasteiger partial charge in [-0.2, -0.15) is 0 Å². The van der Waals surface area contributed by atoms with Gasteiger partial charge in [-0.25, -0.2) is 4.98 Å². The SMILES string of the molecule is Cc1nc(CN2CCC(CNC(=O)C3CCCN3)CC2)oc1C.Cl.Cl. The third-order valence-electron chi connectivity index (χ3n) is 5.08. The minimum Gasteiger partial charge on any atom is -0.444 e. The van der Waals surface area contributed by atoms with Crippen LogP contribution in [0.3, 0.4) is 0 Å². The quantitative estimate of drug-likeness (QED) is 0.803. The van der Waals surface area contributed by atoms with Crippen LogP contribution in [0.25, 0.3) is 0 Å². The summed E-state index contributed by atoms with van der Waals surface area (Å²) in [6.45, 7) is 8.60. The molecule has 144 valence electrons. The average Bonchev–Trinajstić information content (AvgIpc) is 3.17. The Morgan fingerprint density at radius 2 is 2.00 bits per heavy atom. The highest BCUT2D eigenvalue weighted by atomic mass is 35.5. The molecule has 1 aromatic rings. The third-order valence-corrected chi connectivity index (χ3v) is 5.08. The molecule has 3 heterocycles. The zero-order valence-corrected chi connectivity index (χ0v) is 16.7.